The third-order valence-electron chi connectivity index (χ3n) is 3.85. The van der Waals surface area contributed by atoms with Crippen molar-refractivity contribution in [2.24, 2.45) is 11.8 Å². The second-order valence-electron chi connectivity index (χ2n) is 5.17. The van der Waals surface area contributed by atoms with Gasteiger partial charge in [-0.3, -0.25) is 4.79 Å². The number of hydrogen-bond donors (Lipinski definition) is 0. The van der Waals surface area contributed by atoms with Crippen molar-refractivity contribution in [3.05, 3.63) is 29.3 Å². The second-order valence-corrected chi connectivity index (χ2v) is 5.17. The molecule has 2 unspecified atom stereocenters. The van der Waals surface area contributed by atoms with E-state index in [-0.39, 0.29) is 5.91 Å². The van der Waals surface area contributed by atoms with Crippen LogP contribution >= 0.6 is 0 Å². The highest BCUT2D eigenvalue weighted by Gasteiger charge is 2.46. The maximum atomic E-state index is 12.4. The number of hydrogen-bond acceptors (Lipinski definition) is 2. The Kier molecular flexibility index (Phi) is 2.35. The molecule has 0 bridgehead atoms. The molecule has 1 aliphatic heterocycles. The Labute approximate surface area is 101 Å². The zero-order chi connectivity index (χ0) is 12.0. The Bertz CT molecular complexity index is 459. The van der Waals surface area contributed by atoms with E-state index in [0.717, 1.165) is 30.5 Å². The van der Waals surface area contributed by atoms with E-state index in [1.807, 2.05) is 30.0 Å². The normalized spacial score (nSPS) is 25.6. The van der Waals surface area contributed by atoms with Gasteiger partial charge in [0.2, 0.25) is 0 Å². The van der Waals surface area contributed by atoms with Gasteiger partial charge in [0.25, 0.3) is 5.91 Å². The highest BCUT2D eigenvalue weighted by molar-refractivity contribution is 5.97. The van der Waals surface area contributed by atoms with Crippen LogP contribution in [0.5, 0.6) is 5.75 Å². The number of methoxy groups -OCH3 is 1. The SMILES string of the molecule is COc1ccc(C)cc1C(=O)N1CC2CC2C1. The zero-order valence-corrected chi connectivity index (χ0v) is 10.3. The molecule has 0 radical (unpaired) electrons. The molecule has 1 amide bonds. The molecule has 1 heterocycles. The van der Waals surface area contributed by atoms with Crippen molar-refractivity contribution in [1.29, 1.82) is 0 Å². The number of likely N-dealkylation sites (tertiary alicyclic amines) is 1. The van der Waals surface area contributed by atoms with E-state index in [2.05, 4.69) is 0 Å². The molecule has 0 aromatic heterocycles. The lowest BCUT2D eigenvalue weighted by molar-refractivity contribution is 0.0772. The Hall–Kier alpha value is -1.51. The van der Waals surface area contributed by atoms with E-state index in [1.54, 1.807) is 7.11 Å². The van der Waals surface area contributed by atoms with Gasteiger partial charge in [0.15, 0.2) is 0 Å². The molecule has 1 saturated carbocycles. The predicted molar refractivity (Wildman–Crippen MR) is 65.2 cm³/mol. The van der Waals surface area contributed by atoms with Crippen molar-refractivity contribution in [1.82, 2.24) is 4.90 Å². The molecule has 3 heteroatoms. The van der Waals surface area contributed by atoms with Gasteiger partial charge in [0.05, 0.1) is 12.7 Å². The Balaban J connectivity index is 1.87. The van der Waals surface area contributed by atoms with E-state index < -0.39 is 0 Å². The average molecular weight is 231 g/mol. The van der Waals surface area contributed by atoms with Gasteiger partial charge in [-0.1, -0.05) is 11.6 Å². The van der Waals surface area contributed by atoms with Gasteiger partial charge in [-0.25, -0.2) is 0 Å². The standard InChI is InChI=1S/C14H17NO2/c1-9-3-4-13(17-2)12(5-9)14(16)15-7-10-6-11(10)8-15/h3-5,10-11H,6-8H2,1-2H3. The zero-order valence-electron chi connectivity index (χ0n) is 10.3. The average Bonchev–Trinajstić information content (AvgIpc) is 2.95. The van der Waals surface area contributed by atoms with Crippen molar-refractivity contribution in [2.45, 2.75) is 13.3 Å². The smallest absolute Gasteiger partial charge is 0.257 e. The minimum atomic E-state index is 0.123. The van der Waals surface area contributed by atoms with Crippen molar-refractivity contribution in [2.75, 3.05) is 20.2 Å². The van der Waals surface area contributed by atoms with Gasteiger partial charge < -0.3 is 9.64 Å². The van der Waals surface area contributed by atoms with Crippen LogP contribution in [0.2, 0.25) is 0 Å². The van der Waals surface area contributed by atoms with E-state index in [9.17, 15) is 4.79 Å². The molecule has 2 aliphatic rings. The molecule has 1 aromatic rings. The van der Waals surface area contributed by atoms with Crippen molar-refractivity contribution < 1.29 is 9.53 Å². The van der Waals surface area contributed by atoms with Gasteiger partial charge in [0, 0.05) is 13.1 Å². The van der Waals surface area contributed by atoms with Crippen molar-refractivity contribution in [3.63, 3.8) is 0 Å². The van der Waals surface area contributed by atoms with Crippen molar-refractivity contribution >= 4 is 5.91 Å². The molecule has 1 aromatic carbocycles. The summed E-state index contributed by atoms with van der Waals surface area (Å²) in [6.07, 6.45) is 1.31. The summed E-state index contributed by atoms with van der Waals surface area (Å²) in [5.74, 6) is 2.35. The molecular formula is C14H17NO2. The molecule has 1 saturated heterocycles. The Morgan fingerprint density at radius 2 is 2.06 bits per heavy atom. The van der Waals surface area contributed by atoms with Crippen LogP contribution in [-0.2, 0) is 0 Å². The molecule has 1 aliphatic carbocycles. The van der Waals surface area contributed by atoms with Crippen LogP contribution in [0.1, 0.15) is 22.3 Å². The minimum absolute atomic E-state index is 0.123. The maximum Gasteiger partial charge on any atom is 0.257 e. The number of aryl methyl sites for hydroxylation is 1. The number of fused-ring (bicyclic) bond motifs is 1. The molecule has 17 heavy (non-hydrogen) atoms. The van der Waals surface area contributed by atoms with Gasteiger partial charge in [0.1, 0.15) is 5.75 Å². The fourth-order valence-corrected chi connectivity index (χ4v) is 2.72. The first-order valence-corrected chi connectivity index (χ1v) is 6.13. The Morgan fingerprint density at radius 1 is 1.35 bits per heavy atom. The topological polar surface area (TPSA) is 29.5 Å². The number of carbonyl (C=O) groups is 1. The van der Waals surface area contributed by atoms with Gasteiger partial charge >= 0.3 is 0 Å². The number of rotatable bonds is 2. The van der Waals surface area contributed by atoms with Crippen LogP contribution in [0.4, 0.5) is 0 Å². The third-order valence-corrected chi connectivity index (χ3v) is 3.85. The van der Waals surface area contributed by atoms with Crippen molar-refractivity contribution in [3.8, 4) is 5.75 Å². The van der Waals surface area contributed by atoms with E-state index in [4.69, 9.17) is 4.74 Å². The molecule has 0 spiro atoms. The van der Waals surface area contributed by atoms with Gasteiger partial charge in [-0.2, -0.15) is 0 Å². The lowest BCUT2D eigenvalue weighted by Crippen LogP contribution is -2.30. The van der Waals surface area contributed by atoms with Crippen LogP contribution in [0.3, 0.4) is 0 Å². The summed E-state index contributed by atoms with van der Waals surface area (Å²) in [4.78, 5) is 14.4. The van der Waals surface area contributed by atoms with Crippen LogP contribution in [0.15, 0.2) is 18.2 Å². The summed E-state index contributed by atoms with van der Waals surface area (Å²) >= 11 is 0. The fraction of sp³-hybridized carbons (Fsp3) is 0.500. The van der Waals surface area contributed by atoms with E-state index in [1.165, 1.54) is 6.42 Å². The quantitative estimate of drug-likeness (QED) is 0.780. The van der Waals surface area contributed by atoms with Gasteiger partial charge in [-0.05, 0) is 37.3 Å². The highest BCUT2D eigenvalue weighted by Crippen LogP contribution is 2.45. The van der Waals surface area contributed by atoms with Crippen LogP contribution < -0.4 is 4.74 Å². The third kappa shape index (κ3) is 1.79. The number of carbonyl (C=O) groups excluding carboxylic acids is 1. The van der Waals surface area contributed by atoms with Crippen LogP contribution in [0, 0.1) is 18.8 Å². The number of benzene rings is 1. The monoisotopic (exact) mass is 231 g/mol. The highest BCUT2D eigenvalue weighted by atomic mass is 16.5. The fourth-order valence-electron chi connectivity index (χ4n) is 2.72. The van der Waals surface area contributed by atoms with Gasteiger partial charge in [-0.15, -0.1) is 0 Å². The molecule has 3 rings (SSSR count). The summed E-state index contributed by atoms with van der Waals surface area (Å²) in [6.45, 7) is 3.86. The summed E-state index contributed by atoms with van der Waals surface area (Å²) in [5.41, 5.74) is 1.80. The minimum Gasteiger partial charge on any atom is -0.496 e. The van der Waals surface area contributed by atoms with E-state index >= 15 is 0 Å². The largest absolute Gasteiger partial charge is 0.496 e. The summed E-state index contributed by atoms with van der Waals surface area (Å²) in [6, 6.07) is 5.77. The maximum absolute atomic E-state index is 12.4. The number of nitrogens with zero attached hydrogens (tertiary/aromatic N) is 1. The molecule has 3 nitrogen and oxygen atoms in total. The summed E-state index contributed by atoms with van der Waals surface area (Å²) < 4.78 is 5.27. The lowest BCUT2D eigenvalue weighted by Gasteiger charge is -2.19. The molecule has 90 valence electrons. The second kappa shape index (κ2) is 3.76. The molecule has 0 N–H and O–H groups in total. The Morgan fingerprint density at radius 3 is 2.71 bits per heavy atom. The van der Waals surface area contributed by atoms with Crippen LogP contribution in [-0.4, -0.2) is 31.0 Å². The molecule has 2 fully saturated rings. The molecule has 2 atom stereocenters. The summed E-state index contributed by atoms with van der Waals surface area (Å²) in [5, 5.41) is 0. The first-order chi connectivity index (χ1) is 8.19. The molecular weight excluding hydrogens is 214 g/mol. The number of ether oxygens (including phenoxy) is 1. The van der Waals surface area contributed by atoms with E-state index in [0.29, 0.717) is 11.3 Å². The lowest BCUT2D eigenvalue weighted by atomic mass is 10.1. The number of piperidine rings is 1. The first-order valence-electron chi connectivity index (χ1n) is 6.13. The predicted octanol–water partition coefficient (Wildman–Crippen LogP) is 2.10. The summed E-state index contributed by atoms with van der Waals surface area (Å²) in [7, 11) is 1.61. The van der Waals surface area contributed by atoms with Crippen LogP contribution in [0.25, 0.3) is 0 Å². The first kappa shape index (κ1) is 10.6. The number of amides is 1.